The monoisotopic (exact) mass is 154 g/mol. The normalized spacial score (nSPS) is 37.0. The summed E-state index contributed by atoms with van der Waals surface area (Å²) in [5.41, 5.74) is 5.57. The quantitative estimate of drug-likeness (QED) is 0.535. The standard InChI is InChI=1S/C8H14N2O/c9-8-10-5-6-3-1-2-4-7(6)11-8/h4,6,8,10H,1-3,5,9H2. The molecule has 2 aliphatic rings. The Hall–Kier alpha value is -0.540. The van der Waals surface area contributed by atoms with Gasteiger partial charge in [-0.15, -0.1) is 0 Å². The molecule has 11 heavy (non-hydrogen) atoms. The highest BCUT2D eigenvalue weighted by Gasteiger charge is 2.25. The van der Waals surface area contributed by atoms with E-state index in [0.717, 1.165) is 18.7 Å². The molecule has 1 heterocycles. The maximum atomic E-state index is 5.57. The Balaban J connectivity index is 2.07. The number of ether oxygens (including phenoxy) is 1. The molecule has 3 heteroatoms. The molecule has 2 rings (SSSR count). The zero-order valence-electron chi connectivity index (χ0n) is 6.55. The Morgan fingerprint density at radius 3 is 3.45 bits per heavy atom. The molecule has 1 fully saturated rings. The molecule has 3 nitrogen and oxygen atoms in total. The van der Waals surface area contributed by atoms with Crippen LogP contribution in [0.25, 0.3) is 0 Å². The molecule has 0 spiro atoms. The number of hydrogen-bond acceptors (Lipinski definition) is 3. The van der Waals surface area contributed by atoms with Gasteiger partial charge in [0.1, 0.15) is 5.76 Å². The molecule has 3 N–H and O–H groups in total. The van der Waals surface area contributed by atoms with E-state index in [2.05, 4.69) is 11.4 Å². The summed E-state index contributed by atoms with van der Waals surface area (Å²) < 4.78 is 5.42. The summed E-state index contributed by atoms with van der Waals surface area (Å²) in [5, 5.41) is 3.10. The first-order chi connectivity index (χ1) is 5.36. The van der Waals surface area contributed by atoms with Gasteiger partial charge in [-0.25, -0.2) is 0 Å². The van der Waals surface area contributed by atoms with E-state index in [-0.39, 0.29) is 6.35 Å². The largest absolute Gasteiger partial charge is 0.467 e. The molecular weight excluding hydrogens is 140 g/mol. The van der Waals surface area contributed by atoms with Crippen molar-refractivity contribution in [1.82, 2.24) is 5.32 Å². The van der Waals surface area contributed by atoms with E-state index in [1.165, 1.54) is 12.8 Å². The number of nitrogens with one attached hydrogen (secondary N) is 1. The molecule has 2 atom stereocenters. The van der Waals surface area contributed by atoms with Crippen LogP contribution < -0.4 is 11.1 Å². The maximum Gasteiger partial charge on any atom is 0.204 e. The Morgan fingerprint density at radius 2 is 2.55 bits per heavy atom. The van der Waals surface area contributed by atoms with Crippen molar-refractivity contribution in [2.45, 2.75) is 25.6 Å². The topological polar surface area (TPSA) is 47.3 Å². The highest BCUT2D eigenvalue weighted by Crippen LogP contribution is 2.27. The van der Waals surface area contributed by atoms with Gasteiger partial charge in [-0.1, -0.05) is 0 Å². The molecule has 0 aromatic rings. The van der Waals surface area contributed by atoms with Gasteiger partial charge in [0.05, 0.1) is 0 Å². The zero-order chi connectivity index (χ0) is 7.68. The van der Waals surface area contributed by atoms with Gasteiger partial charge in [0.2, 0.25) is 6.35 Å². The molecule has 0 saturated carbocycles. The van der Waals surface area contributed by atoms with Crippen molar-refractivity contribution >= 4 is 0 Å². The lowest BCUT2D eigenvalue weighted by Gasteiger charge is -2.33. The van der Waals surface area contributed by atoms with Gasteiger partial charge in [-0.05, 0) is 25.3 Å². The average Bonchev–Trinajstić information content (AvgIpc) is 2.04. The summed E-state index contributed by atoms with van der Waals surface area (Å²) in [6.45, 7) is 0.979. The summed E-state index contributed by atoms with van der Waals surface area (Å²) in [5.74, 6) is 1.70. The van der Waals surface area contributed by atoms with Crippen molar-refractivity contribution < 1.29 is 4.74 Å². The maximum absolute atomic E-state index is 5.57. The third-order valence-corrected chi connectivity index (χ3v) is 2.33. The molecule has 0 bridgehead atoms. The SMILES string of the molecule is NC1NCC2CCCC=C2O1. The van der Waals surface area contributed by atoms with Gasteiger partial charge >= 0.3 is 0 Å². The van der Waals surface area contributed by atoms with E-state index in [0.29, 0.717) is 5.92 Å². The predicted molar refractivity (Wildman–Crippen MR) is 42.5 cm³/mol. The minimum Gasteiger partial charge on any atom is -0.467 e. The second-order valence-corrected chi connectivity index (χ2v) is 3.18. The fraction of sp³-hybridized carbons (Fsp3) is 0.750. The number of allylic oxidation sites excluding steroid dienone is 1. The molecule has 0 aromatic carbocycles. The summed E-state index contributed by atoms with van der Waals surface area (Å²) in [6.07, 6.45) is 5.57. The third kappa shape index (κ3) is 1.39. The third-order valence-electron chi connectivity index (χ3n) is 2.33. The first kappa shape index (κ1) is 7.13. The molecule has 62 valence electrons. The minimum absolute atomic E-state index is 0.282. The van der Waals surface area contributed by atoms with Gasteiger partial charge in [-0.2, -0.15) is 0 Å². The van der Waals surface area contributed by atoms with Gasteiger partial charge in [-0.3, -0.25) is 11.1 Å². The van der Waals surface area contributed by atoms with Gasteiger partial charge in [0.15, 0.2) is 0 Å². The number of hydrogen-bond donors (Lipinski definition) is 2. The van der Waals surface area contributed by atoms with E-state index in [9.17, 15) is 0 Å². The fourth-order valence-corrected chi connectivity index (χ4v) is 1.71. The van der Waals surface area contributed by atoms with Crippen LogP contribution in [-0.2, 0) is 4.74 Å². The van der Waals surface area contributed by atoms with Gasteiger partial charge < -0.3 is 4.74 Å². The first-order valence-corrected chi connectivity index (χ1v) is 4.22. The van der Waals surface area contributed by atoms with Crippen LogP contribution in [0.2, 0.25) is 0 Å². The Bertz CT molecular complexity index is 179. The van der Waals surface area contributed by atoms with Crippen LogP contribution in [0.15, 0.2) is 11.8 Å². The van der Waals surface area contributed by atoms with Crippen molar-refractivity contribution in [2.75, 3.05) is 6.54 Å². The lowest BCUT2D eigenvalue weighted by atomic mass is 9.93. The Morgan fingerprint density at radius 1 is 1.64 bits per heavy atom. The van der Waals surface area contributed by atoms with E-state index >= 15 is 0 Å². The number of rotatable bonds is 0. The smallest absolute Gasteiger partial charge is 0.204 e. The van der Waals surface area contributed by atoms with E-state index in [1.807, 2.05) is 0 Å². The first-order valence-electron chi connectivity index (χ1n) is 4.22. The van der Waals surface area contributed by atoms with Crippen LogP contribution in [0.4, 0.5) is 0 Å². The molecule has 1 saturated heterocycles. The van der Waals surface area contributed by atoms with E-state index in [1.54, 1.807) is 0 Å². The average molecular weight is 154 g/mol. The summed E-state index contributed by atoms with van der Waals surface area (Å²) in [7, 11) is 0. The molecule has 1 aliphatic carbocycles. The summed E-state index contributed by atoms with van der Waals surface area (Å²) in [6, 6.07) is 0. The van der Waals surface area contributed by atoms with E-state index in [4.69, 9.17) is 10.5 Å². The van der Waals surface area contributed by atoms with Crippen LogP contribution >= 0.6 is 0 Å². The minimum atomic E-state index is -0.282. The molecule has 0 radical (unpaired) electrons. The zero-order valence-corrected chi connectivity index (χ0v) is 6.55. The molecule has 0 aromatic heterocycles. The molecular formula is C8H14N2O. The van der Waals surface area contributed by atoms with Gasteiger partial charge in [0.25, 0.3) is 0 Å². The van der Waals surface area contributed by atoms with Crippen molar-refractivity contribution in [2.24, 2.45) is 11.7 Å². The van der Waals surface area contributed by atoms with Gasteiger partial charge in [0, 0.05) is 12.5 Å². The van der Waals surface area contributed by atoms with Crippen molar-refractivity contribution in [3.8, 4) is 0 Å². The van der Waals surface area contributed by atoms with Crippen molar-refractivity contribution in [1.29, 1.82) is 0 Å². The van der Waals surface area contributed by atoms with Crippen LogP contribution in [0.1, 0.15) is 19.3 Å². The molecule has 0 amide bonds. The van der Waals surface area contributed by atoms with Crippen LogP contribution in [0.5, 0.6) is 0 Å². The second-order valence-electron chi connectivity index (χ2n) is 3.18. The lowest BCUT2D eigenvalue weighted by Crippen LogP contribution is -2.48. The molecule has 2 unspecified atom stereocenters. The fourth-order valence-electron chi connectivity index (χ4n) is 1.71. The number of nitrogens with two attached hydrogens (primary N) is 1. The molecule has 1 aliphatic heterocycles. The lowest BCUT2D eigenvalue weighted by molar-refractivity contribution is 0.0287. The predicted octanol–water partition coefficient (Wildman–Crippen LogP) is 0.532. The van der Waals surface area contributed by atoms with Crippen LogP contribution in [0.3, 0.4) is 0 Å². The van der Waals surface area contributed by atoms with Crippen molar-refractivity contribution in [3.05, 3.63) is 11.8 Å². The Kier molecular flexibility index (Phi) is 1.84. The van der Waals surface area contributed by atoms with Crippen LogP contribution in [0, 0.1) is 5.92 Å². The van der Waals surface area contributed by atoms with Crippen molar-refractivity contribution in [3.63, 3.8) is 0 Å². The second kappa shape index (κ2) is 2.83. The van der Waals surface area contributed by atoms with Crippen LogP contribution in [-0.4, -0.2) is 12.9 Å². The van der Waals surface area contributed by atoms with E-state index < -0.39 is 0 Å². The number of fused-ring (bicyclic) bond motifs is 1. The Labute approximate surface area is 66.6 Å². The summed E-state index contributed by atoms with van der Waals surface area (Å²) in [4.78, 5) is 0. The summed E-state index contributed by atoms with van der Waals surface area (Å²) >= 11 is 0. The highest BCUT2D eigenvalue weighted by molar-refractivity contribution is 5.05. The highest BCUT2D eigenvalue weighted by atomic mass is 16.5.